The molecule has 2 aliphatic rings. The minimum Gasteiger partial charge on any atom is -0.339 e. The van der Waals surface area contributed by atoms with Gasteiger partial charge in [0.1, 0.15) is 0 Å². The maximum absolute atomic E-state index is 13.0. The van der Waals surface area contributed by atoms with Crippen molar-refractivity contribution >= 4 is 15.9 Å². The quantitative estimate of drug-likeness (QED) is 0.816. The molecule has 0 bridgehead atoms. The van der Waals surface area contributed by atoms with Crippen LogP contribution in [-0.4, -0.2) is 74.7 Å². The molecule has 0 aromatic heterocycles. The van der Waals surface area contributed by atoms with Crippen LogP contribution >= 0.6 is 0 Å². The van der Waals surface area contributed by atoms with E-state index in [9.17, 15) is 13.2 Å². The maximum atomic E-state index is 13.0. The number of amides is 1. The van der Waals surface area contributed by atoms with Crippen molar-refractivity contribution in [3.05, 3.63) is 29.3 Å². The van der Waals surface area contributed by atoms with Crippen molar-refractivity contribution in [2.45, 2.75) is 31.1 Å². The Balaban J connectivity index is 1.87. The third-order valence-corrected chi connectivity index (χ3v) is 7.20. The molecule has 3 rings (SSSR count). The molecule has 0 atom stereocenters. The zero-order chi connectivity index (χ0) is 18.0. The predicted molar refractivity (Wildman–Crippen MR) is 97.2 cm³/mol. The second kappa shape index (κ2) is 7.43. The maximum Gasteiger partial charge on any atom is 0.253 e. The molecular formula is C18H27N3O3S. The molecule has 0 aliphatic carbocycles. The number of hydrogen-bond acceptors (Lipinski definition) is 4. The molecule has 25 heavy (non-hydrogen) atoms. The Hall–Kier alpha value is -1.44. The summed E-state index contributed by atoms with van der Waals surface area (Å²) in [6, 6.07) is 5.06. The lowest BCUT2D eigenvalue weighted by Gasteiger charge is -2.32. The Labute approximate surface area is 150 Å². The fourth-order valence-corrected chi connectivity index (χ4v) is 5.13. The first-order valence-corrected chi connectivity index (χ1v) is 10.4. The summed E-state index contributed by atoms with van der Waals surface area (Å²) in [6.07, 6.45) is 3.19. The number of aryl methyl sites for hydroxylation is 1. The molecule has 0 radical (unpaired) electrons. The number of piperidine rings is 1. The summed E-state index contributed by atoms with van der Waals surface area (Å²) in [4.78, 5) is 16.9. The molecule has 0 spiro atoms. The zero-order valence-electron chi connectivity index (χ0n) is 15.1. The number of benzene rings is 1. The van der Waals surface area contributed by atoms with Gasteiger partial charge >= 0.3 is 0 Å². The smallest absolute Gasteiger partial charge is 0.253 e. The molecule has 1 amide bonds. The van der Waals surface area contributed by atoms with E-state index in [0.717, 1.165) is 45.4 Å². The lowest BCUT2D eigenvalue weighted by atomic mass is 10.1. The Morgan fingerprint density at radius 3 is 2.24 bits per heavy atom. The average molecular weight is 365 g/mol. The highest BCUT2D eigenvalue weighted by atomic mass is 32.2. The van der Waals surface area contributed by atoms with Gasteiger partial charge in [-0.1, -0.05) is 6.07 Å². The van der Waals surface area contributed by atoms with Gasteiger partial charge in [0, 0.05) is 44.8 Å². The van der Waals surface area contributed by atoms with Crippen molar-refractivity contribution in [2.75, 3.05) is 46.3 Å². The number of sulfonamides is 1. The number of carbonyl (C=O) groups is 1. The molecule has 138 valence electrons. The monoisotopic (exact) mass is 365 g/mol. The van der Waals surface area contributed by atoms with E-state index in [1.54, 1.807) is 25.1 Å². The number of piperazine rings is 1. The fourth-order valence-electron chi connectivity index (χ4n) is 3.46. The van der Waals surface area contributed by atoms with Gasteiger partial charge in [0.05, 0.1) is 4.90 Å². The van der Waals surface area contributed by atoms with Crippen LogP contribution in [0.3, 0.4) is 0 Å². The predicted octanol–water partition coefficient (Wildman–Crippen LogP) is 1.56. The Bertz CT molecular complexity index is 734. The molecule has 1 aromatic carbocycles. The third kappa shape index (κ3) is 3.88. The van der Waals surface area contributed by atoms with Gasteiger partial charge < -0.3 is 9.80 Å². The molecule has 2 heterocycles. The molecule has 7 heteroatoms. The number of likely N-dealkylation sites (N-methyl/N-ethyl adjacent to an activating group) is 1. The van der Waals surface area contributed by atoms with E-state index in [2.05, 4.69) is 4.90 Å². The van der Waals surface area contributed by atoms with Crippen molar-refractivity contribution in [3.8, 4) is 0 Å². The van der Waals surface area contributed by atoms with Crippen LogP contribution in [0.15, 0.2) is 23.1 Å². The van der Waals surface area contributed by atoms with Crippen molar-refractivity contribution in [1.29, 1.82) is 0 Å². The first-order valence-electron chi connectivity index (χ1n) is 8.98. The number of hydrogen-bond donors (Lipinski definition) is 0. The SMILES string of the molecule is Cc1ccc(C(=O)N2CCCCC2)cc1S(=O)(=O)N1CCN(C)CC1. The first kappa shape index (κ1) is 18.4. The van der Waals surface area contributed by atoms with Crippen molar-refractivity contribution in [1.82, 2.24) is 14.1 Å². The summed E-state index contributed by atoms with van der Waals surface area (Å²) in [5.74, 6) is -0.0606. The lowest BCUT2D eigenvalue weighted by Crippen LogP contribution is -2.47. The van der Waals surface area contributed by atoms with Gasteiger partial charge in [-0.25, -0.2) is 8.42 Å². The molecule has 2 fully saturated rings. The molecule has 0 saturated carbocycles. The van der Waals surface area contributed by atoms with Gasteiger partial charge in [0.2, 0.25) is 10.0 Å². The number of rotatable bonds is 3. The molecule has 1 aromatic rings. The van der Waals surface area contributed by atoms with E-state index in [0.29, 0.717) is 24.2 Å². The van der Waals surface area contributed by atoms with Gasteiger partial charge in [0.25, 0.3) is 5.91 Å². The highest BCUT2D eigenvalue weighted by molar-refractivity contribution is 7.89. The average Bonchev–Trinajstić information content (AvgIpc) is 2.62. The Morgan fingerprint density at radius 2 is 1.60 bits per heavy atom. The molecule has 0 unspecified atom stereocenters. The van der Waals surface area contributed by atoms with Gasteiger partial charge in [0.15, 0.2) is 0 Å². The van der Waals surface area contributed by atoms with Crippen LogP contribution in [0.5, 0.6) is 0 Å². The molecule has 6 nitrogen and oxygen atoms in total. The van der Waals surface area contributed by atoms with E-state index in [1.165, 1.54) is 4.31 Å². The summed E-state index contributed by atoms with van der Waals surface area (Å²) < 4.78 is 27.6. The first-order chi connectivity index (χ1) is 11.9. The largest absolute Gasteiger partial charge is 0.339 e. The summed E-state index contributed by atoms with van der Waals surface area (Å²) in [7, 11) is -1.57. The van der Waals surface area contributed by atoms with Gasteiger partial charge in [-0.15, -0.1) is 0 Å². The molecule has 2 aliphatic heterocycles. The van der Waals surface area contributed by atoms with Crippen molar-refractivity contribution < 1.29 is 13.2 Å². The van der Waals surface area contributed by atoms with Crippen LogP contribution < -0.4 is 0 Å². The molecular weight excluding hydrogens is 338 g/mol. The van der Waals surface area contributed by atoms with Gasteiger partial charge in [-0.05, 0) is 50.9 Å². The summed E-state index contributed by atoms with van der Waals surface area (Å²) in [5, 5.41) is 0. The zero-order valence-corrected chi connectivity index (χ0v) is 15.9. The summed E-state index contributed by atoms with van der Waals surface area (Å²) >= 11 is 0. The normalized spacial score (nSPS) is 20.6. The standard InChI is InChI=1S/C18H27N3O3S/c1-15-6-7-16(18(22)20-8-4-3-5-9-20)14-17(15)25(23,24)21-12-10-19(2)11-13-21/h6-7,14H,3-5,8-13H2,1-2H3. The van der Waals surface area contributed by atoms with E-state index >= 15 is 0 Å². The second-order valence-corrected chi connectivity index (χ2v) is 8.95. The third-order valence-electron chi connectivity index (χ3n) is 5.16. The van der Waals surface area contributed by atoms with Crippen LogP contribution in [0.1, 0.15) is 35.2 Å². The minimum absolute atomic E-state index is 0.0606. The molecule has 2 saturated heterocycles. The van der Waals surface area contributed by atoms with Crippen LogP contribution in [0.2, 0.25) is 0 Å². The summed E-state index contributed by atoms with van der Waals surface area (Å²) in [6.45, 7) is 5.74. The minimum atomic E-state index is -3.57. The van der Waals surface area contributed by atoms with Crippen LogP contribution in [0.25, 0.3) is 0 Å². The van der Waals surface area contributed by atoms with E-state index in [4.69, 9.17) is 0 Å². The van der Waals surface area contributed by atoms with E-state index < -0.39 is 10.0 Å². The topological polar surface area (TPSA) is 60.9 Å². The fraction of sp³-hybridized carbons (Fsp3) is 0.611. The van der Waals surface area contributed by atoms with Crippen molar-refractivity contribution in [3.63, 3.8) is 0 Å². The van der Waals surface area contributed by atoms with Gasteiger partial charge in [-0.2, -0.15) is 4.31 Å². The van der Waals surface area contributed by atoms with Crippen LogP contribution in [-0.2, 0) is 10.0 Å². The van der Waals surface area contributed by atoms with Crippen molar-refractivity contribution in [2.24, 2.45) is 0 Å². The van der Waals surface area contributed by atoms with Gasteiger partial charge in [-0.3, -0.25) is 4.79 Å². The van der Waals surface area contributed by atoms with Crippen LogP contribution in [0, 0.1) is 6.92 Å². The molecule has 0 N–H and O–H groups in total. The highest BCUT2D eigenvalue weighted by Gasteiger charge is 2.30. The number of nitrogens with zero attached hydrogens (tertiary/aromatic N) is 3. The highest BCUT2D eigenvalue weighted by Crippen LogP contribution is 2.24. The Morgan fingerprint density at radius 1 is 0.960 bits per heavy atom. The number of likely N-dealkylation sites (tertiary alicyclic amines) is 1. The summed E-state index contributed by atoms with van der Waals surface area (Å²) in [5.41, 5.74) is 1.16. The second-order valence-electron chi connectivity index (χ2n) is 7.04. The lowest BCUT2D eigenvalue weighted by molar-refractivity contribution is 0.0724. The van der Waals surface area contributed by atoms with E-state index in [-0.39, 0.29) is 10.8 Å². The number of carbonyl (C=O) groups excluding carboxylic acids is 1. The van der Waals surface area contributed by atoms with E-state index in [1.807, 2.05) is 11.9 Å². The Kier molecular flexibility index (Phi) is 5.46. The van der Waals surface area contributed by atoms with Crippen LogP contribution in [0.4, 0.5) is 0 Å².